The smallest absolute Gasteiger partial charge is 0.313 e. The molecule has 0 aliphatic carbocycles. The van der Waals surface area contributed by atoms with Gasteiger partial charge in [0.25, 0.3) is 0 Å². The van der Waals surface area contributed by atoms with E-state index in [0.717, 1.165) is 31.0 Å². The fraction of sp³-hybridized carbons (Fsp3) is 0.467. The molecule has 0 radical (unpaired) electrons. The van der Waals surface area contributed by atoms with E-state index in [-0.39, 0.29) is 18.2 Å². The van der Waals surface area contributed by atoms with Crippen LogP contribution >= 0.6 is 0 Å². The number of halogens is 2. The monoisotopic (exact) mass is 314 g/mol. The summed E-state index contributed by atoms with van der Waals surface area (Å²) >= 11 is 0. The van der Waals surface area contributed by atoms with E-state index in [2.05, 4.69) is 10.6 Å². The van der Waals surface area contributed by atoms with Crippen LogP contribution in [0.1, 0.15) is 26.7 Å². The second kappa shape index (κ2) is 8.43. The molecule has 0 aromatic heterocycles. The van der Waals surface area contributed by atoms with Crippen molar-refractivity contribution in [1.82, 2.24) is 5.32 Å². The van der Waals surface area contributed by atoms with E-state index >= 15 is 0 Å². The molecule has 3 N–H and O–H groups in total. The summed E-state index contributed by atoms with van der Waals surface area (Å²) in [6, 6.07) is 2.77. The number of anilines is 1. The molecule has 5 nitrogen and oxygen atoms in total. The molecule has 122 valence electrons. The van der Waals surface area contributed by atoms with Crippen LogP contribution in [-0.4, -0.2) is 29.6 Å². The Morgan fingerprint density at radius 1 is 1.14 bits per heavy atom. The Hall–Kier alpha value is -2.02. The van der Waals surface area contributed by atoms with Gasteiger partial charge in [-0.2, -0.15) is 0 Å². The summed E-state index contributed by atoms with van der Waals surface area (Å²) < 4.78 is 25.7. The maximum atomic E-state index is 13.0. The maximum absolute atomic E-state index is 13.0. The molecule has 2 amide bonds. The van der Waals surface area contributed by atoms with Crippen LogP contribution in [0.2, 0.25) is 0 Å². The molecule has 7 heteroatoms. The minimum atomic E-state index is -1.12. The van der Waals surface area contributed by atoms with Crippen molar-refractivity contribution in [2.75, 3.05) is 11.9 Å². The van der Waals surface area contributed by atoms with Gasteiger partial charge in [0.1, 0.15) is 0 Å². The molecule has 0 aliphatic rings. The zero-order chi connectivity index (χ0) is 16.7. The van der Waals surface area contributed by atoms with Crippen molar-refractivity contribution in [2.45, 2.75) is 32.8 Å². The van der Waals surface area contributed by atoms with Gasteiger partial charge < -0.3 is 15.7 Å². The molecule has 0 aliphatic heterocycles. The number of rotatable bonds is 6. The number of hydrogen-bond acceptors (Lipinski definition) is 3. The highest BCUT2D eigenvalue weighted by molar-refractivity contribution is 6.39. The molecule has 1 rings (SSSR count). The van der Waals surface area contributed by atoms with Gasteiger partial charge in [0.15, 0.2) is 11.6 Å². The molecular formula is C15H20F2N2O3. The quantitative estimate of drug-likeness (QED) is 0.701. The van der Waals surface area contributed by atoms with Crippen LogP contribution in [0.4, 0.5) is 14.5 Å². The Bertz CT molecular complexity index is 534. The summed E-state index contributed by atoms with van der Waals surface area (Å²) in [7, 11) is 0. The summed E-state index contributed by atoms with van der Waals surface area (Å²) in [5.41, 5.74) is -0.0282. The van der Waals surface area contributed by atoms with Crippen LogP contribution in [0, 0.1) is 17.6 Å². The van der Waals surface area contributed by atoms with Crippen LogP contribution < -0.4 is 10.6 Å². The molecule has 1 atom stereocenters. The standard InChI is InChI=1S/C15H20F2N2O3/c1-3-9(4-2)13(20)8-18-14(21)15(22)19-10-5-6-11(16)12(17)7-10/h5-7,9,13,20H,3-4,8H2,1-2H3,(H,18,21)(H,19,22). The van der Waals surface area contributed by atoms with E-state index in [1.165, 1.54) is 0 Å². The summed E-state index contributed by atoms with van der Waals surface area (Å²) in [5, 5.41) is 14.3. The van der Waals surface area contributed by atoms with Crippen LogP contribution in [0.15, 0.2) is 18.2 Å². The third-order valence-electron chi connectivity index (χ3n) is 3.45. The van der Waals surface area contributed by atoms with Gasteiger partial charge in [0.2, 0.25) is 0 Å². The van der Waals surface area contributed by atoms with Crippen LogP contribution in [0.5, 0.6) is 0 Å². The van der Waals surface area contributed by atoms with Crippen molar-refractivity contribution in [1.29, 1.82) is 0 Å². The van der Waals surface area contributed by atoms with Gasteiger partial charge in [-0.05, 0) is 18.1 Å². The van der Waals surface area contributed by atoms with E-state index in [4.69, 9.17) is 0 Å². The highest BCUT2D eigenvalue weighted by Gasteiger charge is 2.19. The number of benzene rings is 1. The minimum absolute atomic E-state index is 0.0282. The second-order valence-electron chi connectivity index (χ2n) is 4.94. The van der Waals surface area contributed by atoms with E-state index in [0.29, 0.717) is 0 Å². The Morgan fingerprint density at radius 2 is 1.77 bits per heavy atom. The molecule has 22 heavy (non-hydrogen) atoms. The molecule has 0 saturated heterocycles. The lowest BCUT2D eigenvalue weighted by Crippen LogP contribution is -2.41. The zero-order valence-electron chi connectivity index (χ0n) is 12.5. The predicted molar refractivity (Wildman–Crippen MR) is 78.1 cm³/mol. The number of nitrogens with one attached hydrogen (secondary N) is 2. The maximum Gasteiger partial charge on any atom is 0.313 e. The van der Waals surface area contributed by atoms with Crippen molar-refractivity contribution < 1.29 is 23.5 Å². The molecular weight excluding hydrogens is 294 g/mol. The SMILES string of the molecule is CCC(CC)C(O)CNC(=O)C(=O)Nc1ccc(F)c(F)c1. The third kappa shape index (κ3) is 5.07. The summed E-state index contributed by atoms with van der Waals surface area (Å²) in [5.74, 6) is -4.09. The van der Waals surface area contributed by atoms with E-state index in [1.807, 2.05) is 13.8 Å². The van der Waals surface area contributed by atoms with Gasteiger partial charge in [-0.1, -0.05) is 26.7 Å². The van der Waals surface area contributed by atoms with Crippen molar-refractivity contribution in [3.63, 3.8) is 0 Å². The molecule has 0 spiro atoms. The first-order chi connectivity index (χ1) is 10.4. The van der Waals surface area contributed by atoms with E-state index in [9.17, 15) is 23.5 Å². The van der Waals surface area contributed by atoms with Crippen LogP contribution in [-0.2, 0) is 9.59 Å². The first-order valence-corrected chi connectivity index (χ1v) is 7.11. The molecule has 1 unspecified atom stereocenters. The first kappa shape index (κ1) is 18.0. The average Bonchev–Trinajstić information content (AvgIpc) is 2.49. The highest BCUT2D eigenvalue weighted by atomic mass is 19.2. The van der Waals surface area contributed by atoms with Gasteiger partial charge in [-0.25, -0.2) is 8.78 Å². The van der Waals surface area contributed by atoms with Crippen molar-refractivity contribution in [3.05, 3.63) is 29.8 Å². The Labute approximate surface area is 127 Å². The topological polar surface area (TPSA) is 78.4 Å². The van der Waals surface area contributed by atoms with E-state index < -0.39 is 29.6 Å². The second-order valence-corrected chi connectivity index (χ2v) is 4.94. The average molecular weight is 314 g/mol. The first-order valence-electron chi connectivity index (χ1n) is 7.11. The van der Waals surface area contributed by atoms with Gasteiger partial charge in [-0.15, -0.1) is 0 Å². The number of carbonyl (C=O) groups excluding carboxylic acids is 2. The molecule has 0 fully saturated rings. The van der Waals surface area contributed by atoms with Crippen molar-refractivity contribution in [2.24, 2.45) is 5.92 Å². The van der Waals surface area contributed by atoms with Gasteiger partial charge in [0.05, 0.1) is 6.10 Å². The van der Waals surface area contributed by atoms with Gasteiger partial charge in [-0.3, -0.25) is 9.59 Å². The molecule has 0 heterocycles. The van der Waals surface area contributed by atoms with Crippen LogP contribution in [0.3, 0.4) is 0 Å². The van der Waals surface area contributed by atoms with Crippen molar-refractivity contribution >= 4 is 17.5 Å². The number of hydrogen-bond donors (Lipinski definition) is 3. The normalized spacial score (nSPS) is 12.1. The number of carbonyl (C=O) groups is 2. The lowest BCUT2D eigenvalue weighted by molar-refractivity contribution is -0.136. The number of aliphatic hydroxyl groups is 1. The molecule has 1 aromatic rings. The Balaban J connectivity index is 2.51. The minimum Gasteiger partial charge on any atom is -0.391 e. The van der Waals surface area contributed by atoms with E-state index in [1.54, 1.807) is 0 Å². The fourth-order valence-electron chi connectivity index (χ4n) is 2.04. The summed E-state index contributed by atoms with van der Waals surface area (Å²) in [4.78, 5) is 23.2. The van der Waals surface area contributed by atoms with Gasteiger partial charge in [0, 0.05) is 18.3 Å². The number of aliphatic hydroxyl groups excluding tert-OH is 1. The fourth-order valence-corrected chi connectivity index (χ4v) is 2.04. The summed E-state index contributed by atoms with van der Waals surface area (Å²) in [6.07, 6.45) is 0.776. The third-order valence-corrected chi connectivity index (χ3v) is 3.45. The zero-order valence-corrected chi connectivity index (χ0v) is 12.5. The largest absolute Gasteiger partial charge is 0.391 e. The molecule has 0 bridgehead atoms. The van der Waals surface area contributed by atoms with Crippen molar-refractivity contribution in [3.8, 4) is 0 Å². The van der Waals surface area contributed by atoms with Gasteiger partial charge >= 0.3 is 11.8 Å². The molecule has 1 aromatic carbocycles. The lowest BCUT2D eigenvalue weighted by atomic mass is 9.96. The lowest BCUT2D eigenvalue weighted by Gasteiger charge is -2.20. The highest BCUT2D eigenvalue weighted by Crippen LogP contribution is 2.13. The predicted octanol–water partition coefficient (Wildman–Crippen LogP) is 1.82. The van der Waals surface area contributed by atoms with Crippen LogP contribution in [0.25, 0.3) is 0 Å². The summed E-state index contributed by atoms with van der Waals surface area (Å²) in [6.45, 7) is 3.81. The number of amides is 2. The Kier molecular flexibility index (Phi) is 6.91. The Morgan fingerprint density at radius 3 is 2.32 bits per heavy atom. The molecule has 0 saturated carbocycles.